The molecule has 2 aromatic heterocycles. The zero-order chi connectivity index (χ0) is 11.7. The third kappa shape index (κ3) is 2.21. The predicted molar refractivity (Wildman–Crippen MR) is 71.1 cm³/mol. The standard InChI is InChI=1S/C11H9BrO2S2/c1-6-8(4-10(12)16-6)11(13)9-3-7(14-2)5-15-9/h3-5H,1-2H3. The molecule has 2 aromatic rings. The Labute approximate surface area is 110 Å². The molecule has 0 aromatic carbocycles. The Balaban J connectivity index is 2.35. The minimum atomic E-state index is 0.0627. The third-order valence-electron chi connectivity index (χ3n) is 2.17. The minimum Gasteiger partial charge on any atom is -0.496 e. The average molecular weight is 317 g/mol. The van der Waals surface area contributed by atoms with Crippen LogP contribution in [0.5, 0.6) is 5.75 Å². The van der Waals surface area contributed by atoms with Crippen molar-refractivity contribution < 1.29 is 9.53 Å². The van der Waals surface area contributed by atoms with Crippen LogP contribution >= 0.6 is 38.6 Å². The summed E-state index contributed by atoms with van der Waals surface area (Å²) in [6.45, 7) is 1.95. The van der Waals surface area contributed by atoms with Crippen LogP contribution in [-0.4, -0.2) is 12.9 Å². The van der Waals surface area contributed by atoms with Gasteiger partial charge in [0.1, 0.15) is 5.75 Å². The molecular formula is C11H9BrO2S2. The van der Waals surface area contributed by atoms with E-state index in [-0.39, 0.29) is 5.78 Å². The zero-order valence-corrected chi connectivity index (χ0v) is 12.0. The van der Waals surface area contributed by atoms with Crippen molar-refractivity contribution >= 4 is 44.4 Å². The highest BCUT2D eigenvalue weighted by molar-refractivity contribution is 9.11. The Kier molecular flexibility index (Phi) is 3.47. The number of carbonyl (C=O) groups excluding carboxylic acids is 1. The van der Waals surface area contributed by atoms with Crippen molar-refractivity contribution in [1.82, 2.24) is 0 Å². The lowest BCUT2D eigenvalue weighted by Gasteiger charge is -1.95. The fourth-order valence-corrected chi connectivity index (χ4v) is 3.85. The number of aryl methyl sites for hydroxylation is 1. The molecule has 0 aliphatic carbocycles. The Morgan fingerprint density at radius 3 is 2.69 bits per heavy atom. The molecule has 0 N–H and O–H groups in total. The van der Waals surface area contributed by atoms with Gasteiger partial charge in [0.05, 0.1) is 15.8 Å². The average Bonchev–Trinajstić information content (AvgIpc) is 2.84. The van der Waals surface area contributed by atoms with Crippen molar-refractivity contribution in [1.29, 1.82) is 0 Å². The van der Waals surface area contributed by atoms with E-state index >= 15 is 0 Å². The molecule has 2 rings (SSSR count). The topological polar surface area (TPSA) is 26.3 Å². The first-order valence-electron chi connectivity index (χ1n) is 4.55. The summed E-state index contributed by atoms with van der Waals surface area (Å²) in [6.07, 6.45) is 0. The predicted octanol–water partition coefficient (Wildman–Crippen LogP) is 4.12. The first-order valence-corrected chi connectivity index (χ1v) is 7.04. The first kappa shape index (κ1) is 11.8. The van der Waals surface area contributed by atoms with Crippen molar-refractivity contribution in [3.8, 4) is 5.75 Å². The fourth-order valence-electron chi connectivity index (χ4n) is 1.35. The van der Waals surface area contributed by atoms with E-state index in [1.165, 1.54) is 11.3 Å². The number of rotatable bonds is 3. The van der Waals surface area contributed by atoms with Gasteiger partial charge in [-0.1, -0.05) is 0 Å². The highest BCUT2D eigenvalue weighted by atomic mass is 79.9. The van der Waals surface area contributed by atoms with Gasteiger partial charge in [-0.15, -0.1) is 22.7 Å². The van der Waals surface area contributed by atoms with E-state index < -0.39 is 0 Å². The number of methoxy groups -OCH3 is 1. The van der Waals surface area contributed by atoms with Crippen LogP contribution in [0.25, 0.3) is 0 Å². The van der Waals surface area contributed by atoms with Gasteiger partial charge in [0.25, 0.3) is 0 Å². The number of ketones is 1. The van der Waals surface area contributed by atoms with Crippen LogP contribution in [0.15, 0.2) is 21.3 Å². The van der Waals surface area contributed by atoms with E-state index in [1.54, 1.807) is 24.5 Å². The number of ether oxygens (including phenoxy) is 1. The molecule has 2 nitrogen and oxygen atoms in total. The van der Waals surface area contributed by atoms with Crippen LogP contribution in [0.4, 0.5) is 0 Å². The molecule has 5 heteroatoms. The first-order chi connectivity index (χ1) is 7.61. The number of carbonyl (C=O) groups is 1. The molecule has 0 amide bonds. The van der Waals surface area contributed by atoms with Crippen LogP contribution in [0.3, 0.4) is 0 Å². The molecule has 0 bridgehead atoms. The van der Waals surface area contributed by atoms with E-state index in [2.05, 4.69) is 15.9 Å². The van der Waals surface area contributed by atoms with Crippen LogP contribution in [0, 0.1) is 6.92 Å². The second-order valence-corrected chi connectivity index (χ2v) is 6.75. The van der Waals surface area contributed by atoms with Crippen LogP contribution < -0.4 is 4.74 Å². The van der Waals surface area contributed by atoms with Gasteiger partial charge in [-0.2, -0.15) is 0 Å². The molecule has 0 fully saturated rings. The maximum absolute atomic E-state index is 12.2. The summed E-state index contributed by atoms with van der Waals surface area (Å²) in [7, 11) is 1.60. The highest BCUT2D eigenvalue weighted by Gasteiger charge is 2.16. The normalized spacial score (nSPS) is 10.4. The lowest BCUT2D eigenvalue weighted by molar-refractivity contribution is 0.104. The maximum atomic E-state index is 12.2. The molecule has 0 atom stereocenters. The van der Waals surface area contributed by atoms with Crippen LogP contribution in [0.1, 0.15) is 20.1 Å². The second kappa shape index (κ2) is 4.69. The lowest BCUT2D eigenvalue weighted by atomic mass is 10.1. The SMILES string of the molecule is COc1csc(C(=O)c2cc(Br)sc2C)c1. The Morgan fingerprint density at radius 1 is 1.44 bits per heavy atom. The quantitative estimate of drug-likeness (QED) is 0.796. The highest BCUT2D eigenvalue weighted by Crippen LogP contribution is 2.30. The van der Waals surface area contributed by atoms with Crippen molar-refractivity contribution in [2.24, 2.45) is 0 Å². The summed E-state index contributed by atoms with van der Waals surface area (Å²) in [5, 5.41) is 1.84. The van der Waals surface area contributed by atoms with Gasteiger partial charge in [-0.25, -0.2) is 0 Å². The van der Waals surface area contributed by atoms with Gasteiger partial charge in [0, 0.05) is 21.9 Å². The molecule has 2 heterocycles. The molecule has 0 saturated heterocycles. The molecule has 0 unspecified atom stereocenters. The molecule has 0 saturated carbocycles. The summed E-state index contributed by atoms with van der Waals surface area (Å²) < 4.78 is 6.05. The van der Waals surface area contributed by atoms with Gasteiger partial charge >= 0.3 is 0 Å². The van der Waals surface area contributed by atoms with E-state index in [1.807, 2.05) is 18.4 Å². The number of hydrogen-bond donors (Lipinski definition) is 0. The smallest absolute Gasteiger partial charge is 0.204 e. The van der Waals surface area contributed by atoms with E-state index in [0.29, 0.717) is 4.88 Å². The number of halogens is 1. The number of thiophene rings is 2. The fraction of sp³-hybridized carbons (Fsp3) is 0.182. The van der Waals surface area contributed by atoms with Gasteiger partial charge in [-0.3, -0.25) is 4.79 Å². The molecule has 84 valence electrons. The summed E-state index contributed by atoms with van der Waals surface area (Å²) >= 11 is 6.37. The van der Waals surface area contributed by atoms with E-state index in [4.69, 9.17) is 4.74 Å². The summed E-state index contributed by atoms with van der Waals surface area (Å²) in [6, 6.07) is 3.65. The molecular weight excluding hydrogens is 308 g/mol. The van der Waals surface area contributed by atoms with Crippen molar-refractivity contribution in [2.75, 3.05) is 7.11 Å². The lowest BCUT2D eigenvalue weighted by Crippen LogP contribution is -1.97. The Morgan fingerprint density at radius 2 is 2.19 bits per heavy atom. The zero-order valence-electron chi connectivity index (χ0n) is 8.74. The molecule has 0 spiro atoms. The largest absolute Gasteiger partial charge is 0.496 e. The second-order valence-electron chi connectivity index (χ2n) is 3.20. The van der Waals surface area contributed by atoms with Crippen LogP contribution in [0.2, 0.25) is 0 Å². The van der Waals surface area contributed by atoms with Crippen LogP contribution in [-0.2, 0) is 0 Å². The van der Waals surface area contributed by atoms with Gasteiger partial charge < -0.3 is 4.74 Å². The van der Waals surface area contributed by atoms with E-state index in [0.717, 1.165) is 20.0 Å². The number of hydrogen-bond acceptors (Lipinski definition) is 4. The van der Waals surface area contributed by atoms with Crippen molar-refractivity contribution in [3.05, 3.63) is 36.6 Å². The summed E-state index contributed by atoms with van der Waals surface area (Å²) in [5.74, 6) is 0.799. The summed E-state index contributed by atoms with van der Waals surface area (Å²) in [5.41, 5.74) is 0.765. The summed E-state index contributed by atoms with van der Waals surface area (Å²) in [4.78, 5) is 13.9. The minimum absolute atomic E-state index is 0.0627. The Hall–Kier alpha value is -0.650. The van der Waals surface area contributed by atoms with Gasteiger partial charge in [0.15, 0.2) is 0 Å². The van der Waals surface area contributed by atoms with E-state index in [9.17, 15) is 4.79 Å². The molecule has 0 aliphatic rings. The van der Waals surface area contributed by atoms with Gasteiger partial charge in [0.2, 0.25) is 5.78 Å². The third-order valence-corrected chi connectivity index (χ3v) is 4.63. The molecule has 0 radical (unpaired) electrons. The van der Waals surface area contributed by atoms with Crippen molar-refractivity contribution in [3.63, 3.8) is 0 Å². The Bertz CT molecular complexity index is 528. The monoisotopic (exact) mass is 316 g/mol. The van der Waals surface area contributed by atoms with Gasteiger partial charge in [-0.05, 0) is 28.9 Å². The molecule has 0 aliphatic heterocycles. The van der Waals surface area contributed by atoms with Crippen molar-refractivity contribution in [2.45, 2.75) is 6.92 Å². The molecule has 16 heavy (non-hydrogen) atoms. The maximum Gasteiger partial charge on any atom is 0.204 e.